The molecule has 1 rings (SSSR count). The molecule has 0 fully saturated rings. The number of methoxy groups -OCH3 is 1. The molecule has 0 spiro atoms. The number of benzene rings is 1. The smallest absolute Gasteiger partial charge is 0.307 e. The van der Waals surface area contributed by atoms with Gasteiger partial charge in [0, 0.05) is 6.04 Å². The summed E-state index contributed by atoms with van der Waals surface area (Å²) in [5.41, 5.74) is 8.49. The third-order valence-corrected chi connectivity index (χ3v) is 3.50. The van der Waals surface area contributed by atoms with Crippen LogP contribution in [0.1, 0.15) is 50.2 Å². The fraction of sp³-hybridized carbons (Fsp3) is 0.588. The van der Waals surface area contributed by atoms with Gasteiger partial charge in [-0.3, -0.25) is 4.79 Å². The first kappa shape index (κ1) is 16.7. The fourth-order valence-electron chi connectivity index (χ4n) is 2.27. The maximum atomic E-state index is 11.1. The molecule has 3 heteroatoms. The first-order chi connectivity index (χ1) is 9.65. The number of aryl methyl sites for hydroxylation is 1. The second-order valence-corrected chi connectivity index (χ2v) is 5.37. The molecular formula is C17H27NO2. The minimum atomic E-state index is -0.245. The Morgan fingerprint density at radius 2 is 1.80 bits per heavy atom. The van der Waals surface area contributed by atoms with Crippen LogP contribution in [0.5, 0.6) is 0 Å². The molecule has 20 heavy (non-hydrogen) atoms. The van der Waals surface area contributed by atoms with E-state index in [4.69, 9.17) is 5.73 Å². The molecule has 0 heterocycles. The van der Waals surface area contributed by atoms with Gasteiger partial charge in [-0.05, 0) is 30.4 Å². The maximum Gasteiger partial charge on any atom is 0.307 e. The van der Waals surface area contributed by atoms with E-state index in [1.807, 2.05) is 0 Å². The van der Waals surface area contributed by atoms with E-state index in [1.165, 1.54) is 43.9 Å². The minimum Gasteiger partial charge on any atom is -0.469 e. The molecule has 3 nitrogen and oxygen atoms in total. The Bertz CT molecular complexity index is 386. The van der Waals surface area contributed by atoms with Crippen molar-refractivity contribution in [2.24, 2.45) is 5.73 Å². The lowest BCUT2D eigenvalue weighted by atomic mass is 10.0. The first-order valence-corrected chi connectivity index (χ1v) is 7.56. The van der Waals surface area contributed by atoms with E-state index in [1.54, 1.807) is 0 Å². The van der Waals surface area contributed by atoms with Crippen LogP contribution in [0.4, 0.5) is 0 Å². The standard InChI is InChI=1S/C17H27NO2/c1-3-4-5-6-7-14-8-10-15(11-9-14)12-16(18)13-17(19)20-2/h8-11,16H,3-7,12-13,18H2,1-2H3. The molecule has 0 amide bonds. The van der Waals surface area contributed by atoms with Crippen LogP contribution in [0.25, 0.3) is 0 Å². The van der Waals surface area contributed by atoms with Crippen LogP contribution in [0.15, 0.2) is 24.3 Å². The summed E-state index contributed by atoms with van der Waals surface area (Å²) in [5.74, 6) is -0.245. The fourth-order valence-corrected chi connectivity index (χ4v) is 2.27. The third kappa shape index (κ3) is 6.71. The first-order valence-electron chi connectivity index (χ1n) is 7.56. The van der Waals surface area contributed by atoms with Crippen molar-refractivity contribution in [3.05, 3.63) is 35.4 Å². The van der Waals surface area contributed by atoms with Crippen LogP contribution in [0, 0.1) is 0 Å². The van der Waals surface area contributed by atoms with Gasteiger partial charge in [-0.25, -0.2) is 0 Å². The Kier molecular flexibility index (Phi) is 7.97. The molecule has 1 aromatic carbocycles. The normalized spacial score (nSPS) is 12.2. The van der Waals surface area contributed by atoms with Gasteiger partial charge in [-0.15, -0.1) is 0 Å². The predicted molar refractivity (Wildman–Crippen MR) is 82.6 cm³/mol. The van der Waals surface area contributed by atoms with E-state index < -0.39 is 0 Å². The highest BCUT2D eigenvalue weighted by Crippen LogP contribution is 2.11. The summed E-state index contributed by atoms with van der Waals surface area (Å²) in [4.78, 5) is 11.1. The minimum absolute atomic E-state index is 0.169. The van der Waals surface area contributed by atoms with Crippen molar-refractivity contribution < 1.29 is 9.53 Å². The van der Waals surface area contributed by atoms with Crippen molar-refractivity contribution in [2.75, 3.05) is 7.11 Å². The number of carbonyl (C=O) groups excluding carboxylic acids is 1. The van der Waals surface area contributed by atoms with Gasteiger partial charge in [-0.2, -0.15) is 0 Å². The van der Waals surface area contributed by atoms with E-state index >= 15 is 0 Å². The van der Waals surface area contributed by atoms with E-state index in [2.05, 4.69) is 35.9 Å². The molecular weight excluding hydrogens is 250 g/mol. The van der Waals surface area contributed by atoms with Crippen LogP contribution in [0.2, 0.25) is 0 Å². The molecule has 0 aliphatic carbocycles. The topological polar surface area (TPSA) is 52.3 Å². The van der Waals surface area contributed by atoms with Gasteiger partial charge in [0.2, 0.25) is 0 Å². The number of esters is 1. The summed E-state index contributed by atoms with van der Waals surface area (Å²) in [7, 11) is 1.39. The van der Waals surface area contributed by atoms with Gasteiger partial charge in [0.15, 0.2) is 0 Å². The molecule has 0 radical (unpaired) electrons. The van der Waals surface area contributed by atoms with Crippen molar-refractivity contribution in [3.63, 3.8) is 0 Å². The van der Waals surface area contributed by atoms with Crippen molar-refractivity contribution in [1.29, 1.82) is 0 Å². The average molecular weight is 277 g/mol. The molecule has 1 aromatic rings. The summed E-state index contributed by atoms with van der Waals surface area (Å²) >= 11 is 0. The lowest BCUT2D eigenvalue weighted by Gasteiger charge is -2.10. The van der Waals surface area contributed by atoms with E-state index in [0.29, 0.717) is 6.42 Å². The van der Waals surface area contributed by atoms with Gasteiger partial charge in [0.25, 0.3) is 0 Å². The molecule has 2 N–H and O–H groups in total. The summed E-state index contributed by atoms with van der Waals surface area (Å²) in [5, 5.41) is 0. The predicted octanol–water partition coefficient (Wildman–Crippen LogP) is 3.24. The van der Waals surface area contributed by atoms with Crippen LogP contribution in [0.3, 0.4) is 0 Å². The Morgan fingerprint density at radius 1 is 1.15 bits per heavy atom. The van der Waals surface area contributed by atoms with Crippen molar-refractivity contribution in [3.8, 4) is 0 Å². The zero-order valence-electron chi connectivity index (χ0n) is 12.7. The molecule has 0 aliphatic rings. The molecule has 0 aliphatic heterocycles. The molecule has 0 aromatic heterocycles. The summed E-state index contributed by atoms with van der Waals surface area (Å²) < 4.78 is 4.62. The molecule has 0 bridgehead atoms. The zero-order valence-corrected chi connectivity index (χ0v) is 12.7. The Morgan fingerprint density at radius 3 is 2.40 bits per heavy atom. The number of ether oxygens (including phenoxy) is 1. The van der Waals surface area contributed by atoms with Gasteiger partial charge in [-0.1, -0.05) is 50.5 Å². The number of rotatable bonds is 9. The van der Waals surface area contributed by atoms with Gasteiger partial charge >= 0.3 is 5.97 Å². The Hall–Kier alpha value is -1.35. The molecule has 0 saturated heterocycles. The van der Waals surface area contributed by atoms with Crippen molar-refractivity contribution >= 4 is 5.97 Å². The highest BCUT2D eigenvalue weighted by Gasteiger charge is 2.10. The highest BCUT2D eigenvalue weighted by molar-refractivity contribution is 5.69. The van der Waals surface area contributed by atoms with E-state index in [9.17, 15) is 4.79 Å². The number of hydrogen-bond acceptors (Lipinski definition) is 3. The van der Waals surface area contributed by atoms with Crippen LogP contribution >= 0.6 is 0 Å². The summed E-state index contributed by atoms with van der Waals surface area (Å²) in [6, 6.07) is 8.41. The highest BCUT2D eigenvalue weighted by atomic mass is 16.5. The maximum absolute atomic E-state index is 11.1. The largest absolute Gasteiger partial charge is 0.469 e. The number of unbranched alkanes of at least 4 members (excludes halogenated alkanes) is 3. The van der Waals surface area contributed by atoms with E-state index in [0.717, 1.165) is 6.42 Å². The lowest BCUT2D eigenvalue weighted by Crippen LogP contribution is -2.26. The molecule has 1 atom stereocenters. The number of carbonyl (C=O) groups is 1. The zero-order chi connectivity index (χ0) is 14.8. The van der Waals surface area contributed by atoms with Gasteiger partial charge < -0.3 is 10.5 Å². The van der Waals surface area contributed by atoms with Crippen LogP contribution < -0.4 is 5.73 Å². The van der Waals surface area contributed by atoms with Crippen molar-refractivity contribution in [2.45, 2.75) is 57.9 Å². The van der Waals surface area contributed by atoms with Crippen LogP contribution in [-0.2, 0) is 22.4 Å². The van der Waals surface area contributed by atoms with E-state index in [-0.39, 0.29) is 18.4 Å². The average Bonchev–Trinajstić information content (AvgIpc) is 2.45. The summed E-state index contributed by atoms with van der Waals surface area (Å²) in [6.07, 6.45) is 7.30. The number of hydrogen-bond donors (Lipinski definition) is 1. The van der Waals surface area contributed by atoms with Gasteiger partial charge in [0.1, 0.15) is 0 Å². The molecule has 112 valence electrons. The quantitative estimate of drug-likeness (QED) is 0.557. The second-order valence-electron chi connectivity index (χ2n) is 5.37. The van der Waals surface area contributed by atoms with Gasteiger partial charge in [0.05, 0.1) is 13.5 Å². The van der Waals surface area contributed by atoms with Crippen LogP contribution in [-0.4, -0.2) is 19.1 Å². The summed E-state index contributed by atoms with van der Waals surface area (Å²) in [6.45, 7) is 2.23. The monoisotopic (exact) mass is 277 g/mol. The SMILES string of the molecule is CCCCCCc1ccc(CC(N)CC(=O)OC)cc1. The second kappa shape index (κ2) is 9.54. The lowest BCUT2D eigenvalue weighted by molar-refractivity contribution is -0.140. The number of nitrogens with two attached hydrogens (primary N) is 1. The third-order valence-electron chi connectivity index (χ3n) is 3.50. The Labute approximate surface area is 122 Å². The van der Waals surface area contributed by atoms with Crippen molar-refractivity contribution in [1.82, 2.24) is 0 Å². The Balaban J connectivity index is 2.36. The molecule has 0 saturated carbocycles. The molecule has 1 unspecified atom stereocenters.